The van der Waals surface area contributed by atoms with Crippen molar-refractivity contribution in [2.75, 3.05) is 20.7 Å². The third-order valence-corrected chi connectivity index (χ3v) is 2.57. The van der Waals surface area contributed by atoms with Gasteiger partial charge in [0.2, 0.25) is 0 Å². The van der Waals surface area contributed by atoms with E-state index in [-0.39, 0.29) is 6.42 Å². The summed E-state index contributed by atoms with van der Waals surface area (Å²) in [5, 5.41) is 8.62. The Morgan fingerprint density at radius 2 is 2.00 bits per heavy atom. The van der Waals surface area contributed by atoms with E-state index in [0.717, 1.165) is 12.1 Å². The van der Waals surface area contributed by atoms with Gasteiger partial charge in [0, 0.05) is 20.2 Å². The van der Waals surface area contributed by atoms with E-state index in [1.54, 1.807) is 7.11 Å². The van der Waals surface area contributed by atoms with Crippen LogP contribution in [0, 0.1) is 0 Å². The first kappa shape index (κ1) is 13.7. The summed E-state index contributed by atoms with van der Waals surface area (Å²) in [4.78, 5) is 12.5. The summed E-state index contributed by atoms with van der Waals surface area (Å²) in [6.07, 6.45) is 0.170. The van der Waals surface area contributed by atoms with Crippen molar-refractivity contribution >= 4 is 5.97 Å². The number of carboxylic acids is 1. The van der Waals surface area contributed by atoms with Crippen molar-refractivity contribution in [1.82, 2.24) is 4.90 Å². The van der Waals surface area contributed by atoms with Gasteiger partial charge < -0.3 is 14.7 Å². The molecule has 0 spiro atoms. The summed E-state index contributed by atoms with van der Waals surface area (Å²) in [6.45, 7) is 1.88. The molecule has 0 atom stereocenters. The SMILES string of the molecule is COCc1ccccc1CN(C)CCC(=O)O. The van der Waals surface area contributed by atoms with E-state index in [4.69, 9.17) is 9.84 Å². The topological polar surface area (TPSA) is 49.8 Å². The maximum Gasteiger partial charge on any atom is 0.304 e. The second-order valence-corrected chi connectivity index (χ2v) is 4.08. The first-order valence-corrected chi connectivity index (χ1v) is 5.59. The highest BCUT2D eigenvalue weighted by atomic mass is 16.5. The molecule has 4 nitrogen and oxygen atoms in total. The molecule has 0 saturated carbocycles. The number of carboxylic acid groups (broad SMARTS) is 1. The van der Waals surface area contributed by atoms with Crippen LogP contribution in [-0.2, 0) is 22.7 Å². The maximum absolute atomic E-state index is 10.5. The van der Waals surface area contributed by atoms with E-state index < -0.39 is 5.97 Å². The van der Waals surface area contributed by atoms with Crippen LogP contribution in [-0.4, -0.2) is 36.7 Å². The summed E-state index contributed by atoms with van der Waals surface area (Å²) >= 11 is 0. The largest absolute Gasteiger partial charge is 0.481 e. The first-order valence-electron chi connectivity index (χ1n) is 5.59. The van der Waals surface area contributed by atoms with Crippen molar-refractivity contribution in [2.24, 2.45) is 0 Å². The molecule has 0 amide bonds. The minimum atomic E-state index is -0.762. The average Bonchev–Trinajstić information content (AvgIpc) is 2.29. The molecule has 0 fully saturated rings. The lowest BCUT2D eigenvalue weighted by Crippen LogP contribution is -2.22. The van der Waals surface area contributed by atoms with Gasteiger partial charge in [-0.15, -0.1) is 0 Å². The van der Waals surface area contributed by atoms with Crippen LogP contribution in [0.2, 0.25) is 0 Å². The Bertz CT molecular complexity index is 365. The number of hydrogen-bond acceptors (Lipinski definition) is 3. The van der Waals surface area contributed by atoms with Gasteiger partial charge in [0.15, 0.2) is 0 Å². The Morgan fingerprint density at radius 3 is 2.59 bits per heavy atom. The summed E-state index contributed by atoms with van der Waals surface area (Å²) in [6, 6.07) is 8.05. The molecule has 0 heterocycles. The summed E-state index contributed by atoms with van der Waals surface area (Å²) in [5.74, 6) is -0.762. The standard InChI is InChI=1S/C13H19NO3/c1-14(8-7-13(15)16)9-11-5-3-4-6-12(11)10-17-2/h3-6H,7-10H2,1-2H3,(H,15,16). The lowest BCUT2D eigenvalue weighted by atomic mass is 10.1. The fourth-order valence-electron chi connectivity index (χ4n) is 1.66. The highest BCUT2D eigenvalue weighted by molar-refractivity contribution is 5.66. The third kappa shape index (κ3) is 4.97. The zero-order chi connectivity index (χ0) is 12.7. The smallest absolute Gasteiger partial charge is 0.304 e. The minimum absolute atomic E-state index is 0.170. The number of hydrogen-bond donors (Lipinski definition) is 1. The van der Waals surface area contributed by atoms with Crippen LogP contribution in [0.5, 0.6) is 0 Å². The number of aliphatic carboxylic acids is 1. The van der Waals surface area contributed by atoms with Crippen LogP contribution in [0.3, 0.4) is 0 Å². The lowest BCUT2D eigenvalue weighted by molar-refractivity contribution is -0.137. The van der Waals surface area contributed by atoms with Gasteiger partial charge in [0.05, 0.1) is 13.0 Å². The molecule has 94 valence electrons. The second kappa shape index (κ2) is 7.04. The molecule has 4 heteroatoms. The molecule has 1 aromatic carbocycles. The number of methoxy groups -OCH3 is 1. The van der Waals surface area contributed by atoms with Crippen LogP contribution in [0.1, 0.15) is 17.5 Å². The number of rotatable bonds is 7. The van der Waals surface area contributed by atoms with Crippen LogP contribution < -0.4 is 0 Å². The van der Waals surface area contributed by atoms with Gasteiger partial charge in [-0.1, -0.05) is 24.3 Å². The van der Waals surface area contributed by atoms with Crippen molar-refractivity contribution in [2.45, 2.75) is 19.6 Å². The summed E-state index contributed by atoms with van der Waals surface area (Å²) < 4.78 is 5.14. The van der Waals surface area contributed by atoms with Gasteiger partial charge in [-0.25, -0.2) is 0 Å². The van der Waals surface area contributed by atoms with E-state index in [2.05, 4.69) is 0 Å². The average molecular weight is 237 g/mol. The molecule has 0 bridgehead atoms. The quantitative estimate of drug-likeness (QED) is 0.784. The lowest BCUT2D eigenvalue weighted by Gasteiger charge is -2.17. The normalized spacial score (nSPS) is 10.8. The predicted octanol–water partition coefficient (Wildman–Crippen LogP) is 1.74. The first-order chi connectivity index (χ1) is 8.13. The molecule has 0 unspecified atom stereocenters. The van der Waals surface area contributed by atoms with E-state index in [1.165, 1.54) is 5.56 Å². The molecular formula is C13H19NO3. The second-order valence-electron chi connectivity index (χ2n) is 4.08. The van der Waals surface area contributed by atoms with Crippen LogP contribution in [0.15, 0.2) is 24.3 Å². The molecule has 0 saturated heterocycles. The Labute approximate surface area is 102 Å². The number of benzene rings is 1. The predicted molar refractivity (Wildman–Crippen MR) is 65.7 cm³/mol. The zero-order valence-corrected chi connectivity index (χ0v) is 10.3. The molecule has 0 aliphatic carbocycles. The highest BCUT2D eigenvalue weighted by Crippen LogP contribution is 2.12. The molecule has 0 radical (unpaired) electrons. The monoisotopic (exact) mass is 237 g/mol. The molecule has 1 N–H and O–H groups in total. The molecule has 0 aromatic heterocycles. The Hall–Kier alpha value is -1.39. The van der Waals surface area contributed by atoms with Crippen molar-refractivity contribution in [3.05, 3.63) is 35.4 Å². The van der Waals surface area contributed by atoms with Gasteiger partial charge in [0.1, 0.15) is 0 Å². The highest BCUT2D eigenvalue weighted by Gasteiger charge is 2.06. The Morgan fingerprint density at radius 1 is 1.35 bits per heavy atom. The Kier molecular flexibility index (Phi) is 5.66. The molecule has 0 aliphatic rings. The molecular weight excluding hydrogens is 218 g/mol. The maximum atomic E-state index is 10.5. The van der Waals surface area contributed by atoms with Gasteiger partial charge in [-0.3, -0.25) is 4.79 Å². The van der Waals surface area contributed by atoms with Gasteiger partial charge in [-0.05, 0) is 18.2 Å². The van der Waals surface area contributed by atoms with E-state index in [0.29, 0.717) is 13.2 Å². The van der Waals surface area contributed by atoms with Crippen molar-refractivity contribution in [3.8, 4) is 0 Å². The van der Waals surface area contributed by atoms with E-state index in [9.17, 15) is 4.79 Å². The van der Waals surface area contributed by atoms with Gasteiger partial charge in [-0.2, -0.15) is 0 Å². The minimum Gasteiger partial charge on any atom is -0.481 e. The summed E-state index contributed by atoms with van der Waals surface area (Å²) in [5.41, 5.74) is 2.33. The molecule has 1 rings (SSSR count). The molecule has 17 heavy (non-hydrogen) atoms. The summed E-state index contributed by atoms with van der Waals surface area (Å²) in [7, 11) is 3.59. The fourth-order valence-corrected chi connectivity index (χ4v) is 1.66. The van der Waals surface area contributed by atoms with Crippen molar-refractivity contribution in [3.63, 3.8) is 0 Å². The number of carbonyl (C=O) groups is 1. The van der Waals surface area contributed by atoms with Crippen LogP contribution in [0.4, 0.5) is 0 Å². The van der Waals surface area contributed by atoms with Crippen molar-refractivity contribution in [1.29, 1.82) is 0 Å². The van der Waals surface area contributed by atoms with Crippen LogP contribution in [0.25, 0.3) is 0 Å². The third-order valence-electron chi connectivity index (χ3n) is 2.57. The van der Waals surface area contributed by atoms with Gasteiger partial charge >= 0.3 is 5.97 Å². The van der Waals surface area contributed by atoms with Gasteiger partial charge in [0.25, 0.3) is 0 Å². The van der Waals surface area contributed by atoms with E-state index in [1.807, 2.05) is 36.2 Å². The van der Waals surface area contributed by atoms with Crippen LogP contribution >= 0.6 is 0 Å². The number of nitrogens with zero attached hydrogens (tertiary/aromatic N) is 1. The van der Waals surface area contributed by atoms with Crippen molar-refractivity contribution < 1.29 is 14.6 Å². The number of ether oxygens (including phenoxy) is 1. The fraction of sp³-hybridized carbons (Fsp3) is 0.462. The molecule has 0 aliphatic heterocycles. The molecule has 1 aromatic rings. The Balaban J connectivity index is 2.57. The zero-order valence-electron chi connectivity index (χ0n) is 10.3. The van der Waals surface area contributed by atoms with E-state index >= 15 is 0 Å².